The third-order valence-corrected chi connectivity index (χ3v) is 3.52. The molecular formula is C11H11ClN2O2S. The van der Waals surface area contributed by atoms with Crippen molar-refractivity contribution in [2.75, 3.05) is 5.88 Å². The predicted molar refractivity (Wildman–Crippen MR) is 68.5 cm³/mol. The highest BCUT2D eigenvalue weighted by Gasteiger charge is 2.14. The molecule has 1 aromatic rings. The van der Waals surface area contributed by atoms with Crippen molar-refractivity contribution >= 4 is 29.1 Å². The summed E-state index contributed by atoms with van der Waals surface area (Å²) in [6.07, 6.45) is 0.852. The van der Waals surface area contributed by atoms with Crippen molar-refractivity contribution in [3.8, 4) is 6.07 Å². The normalized spacial score (nSPS) is 11.8. The number of rotatable bonds is 5. The summed E-state index contributed by atoms with van der Waals surface area (Å²) in [6.45, 7) is 2.03. The second kappa shape index (κ2) is 6.48. The number of halogens is 1. The minimum absolute atomic E-state index is 0.0954. The first-order chi connectivity index (χ1) is 8.08. The van der Waals surface area contributed by atoms with Crippen LogP contribution in [0.15, 0.2) is 23.1 Å². The van der Waals surface area contributed by atoms with Gasteiger partial charge >= 0.3 is 0 Å². The summed E-state index contributed by atoms with van der Waals surface area (Å²) in [4.78, 5) is 11.0. The maximum atomic E-state index is 10.6. The molecule has 0 saturated heterocycles. The number of hydrogen-bond donors (Lipinski definition) is 0. The van der Waals surface area contributed by atoms with Crippen LogP contribution in [0, 0.1) is 21.4 Å². The van der Waals surface area contributed by atoms with Crippen LogP contribution in [-0.2, 0) is 0 Å². The molecule has 0 bridgehead atoms. The van der Waals surface area contributed by atoms with E-state index in [0.717, 1.165) is 11.3 Å². The number of alkyl halides is 1. The number of nitrogens with zero attached hydrogens (tertiary/aromatic N) is 2. The molecule has 0 fully saturated rings. The number of nitro groups is 1. The van der Waals surface area contributed by atoms with E-state index in [9.17, 15) is 10.1 Å². The number of thioether (sulfide) groups is 1. The van der Waals surface area contributed by atoms with Crippen molar-refractivity contribution in [3.63, 3.8) is 0 Å². The fourth-order valence-corrected chi connectivity index (χ4v) is 2.77. The molecule has 0 amide bonds. The second-order valence-electron chi connectivity index (χ2n) is 3.45. The van der Waals surface area contributed by atoms with Gasteiger partial charge in [-0.2, -0.15) is 5.26 Å². The summed E-state index contributed by atoms with van der Waals surface area (Å²) in [5.74, 6) is 0.576. The highest BCUT2D eigenvalue weighted by atomic mass is 35.5. The molecule has 1 rings (SSSR count). The van der Waals surface area contributed by atoms with E-state index >= 15 is 0 Å². The van der Waals surface area contributed by atoms with Crippen molar-refractivity contribution in [3.05, 3.63) is 33.9 Å². The molecule has 0 aliphatic rings. The Kier molecular flexibility index (Phi) is 5.26. The summed E-state index contributed by atoms with van der Waals surface area (Å²) in [5.41, 5.74) is -0.0556. The van der Waals surface area contributed by atoms with Crippen LogP contribution in [0.4, 0.5) is 5.69 Å². The number of benzene rings is 1. The lowest BCUT2D eigenvalue weighted by molar-refractivity contribution is -0.385. The molecule has 0 aliphatic heterocycles. The first-order valence-electron chi connectivity index (χ1n) is 4.99. The lowest BCUT2D eigenvalue weighted by atomic mass is 10.2. The molecule has 0 aliphatic carbocycles. The lowest BCUT2D eigenvalue weighted by Crippen LogP contribution is -1.97. The summed E-state index contributed by atoms with van der Waals surface area (Å²) in [7, 11) is 0. The van der Waals surface area contributed by atoms with Gasteiger partial charge in [0.2, 0.25) is 0 Å². The second-order valence-corrected chi connectivity index (χ2v) is 5.34. The Labute approximate surface area is 109 Å². The molecule has 4 nitrogen and oxygen atoms in total. The Balaban J connectivity index is 2.91. The first-order valence-corrected chi connectivity index (χ1v) is 6.41. The molecule has 0 spiro atoms. The molecule has 0 aromatic heterocycles. The van der Waals surface area contributed by atoms with E-state index in [1.165, 1.54) is 6.07 Å². The quantitative estimate of drug-likeness (QED) is 0.355. The van der Waals surface area contributed by atoms with Crippen LogP contribution in [-0.4, -0.2) is 16.1 Å². The molecule has 0 heterocycles. The maximum absolute atomic E-state index is 10.6. The highest BCUT2D eigenvalue weighted by Crippen LogP contribution is 2.29. The third kappa shape index (κ3) is 3.91. The van der Waals surface area contributed by atoms with Gasteiger partial charge in [0.15, 0.2) is 0 Å². The largest absolute Gasteiger partial charge is 0.287 e. The van der Waals surface area contributed by atoms with Gasteiger partial charge in [0.1, 0.15) is 11.6 Å². The van der Waals surface area contributed by atoms with E-state index in [0.29, 0.717) is 11.1 Å². The van der Waals surface area contributed by atoms with Gasteiger partial charge in [0.25, 0.3) is 5.69 Å². The minimum Gasteiger partial charge on any atom is -0.258 e. The molecule has 1 aromatic carbocycles. The van der Waals surface area contributed by atoms with Crippen LogP contribution < -0.4 is 0 Å². The van der Waals surface area contributed by atoms with Crippen LogP contribution in [0.2, 0.25) is 0 Å². The van der Waals surface area contributed by atoms with Gasteiger partial charge in [-0.25, -0.2) is 0 Å². The smallest absolute Gasteiger partial charge is 0.258 e. The molecule has 0 radical (unpaired) electrons. The zero-order valence-electron chi connectivity index (χ0n) is 9.22. The van der Waals surface area contributed by atoms with Crippen molar-refractivity contribution in [2.24, 2.45) is 0 Å². The van der Waals surface area contributed by atoms with Crippen molar-refractivity contribution in [1.29, 1.82) is 5.26 Å². The molecule has 90 valence electrons. The Morgan fingerprint density at radius 1 is 1.65 bits per heavy atom. The summed E-state index contributed by atoms with van der Waals surface area (Å²) in [6, 6.07) is 6.42. The molecule has 0 N–H and O–H groups in total. The molecule has 0 saturated carbocycles. The van der Waals surface area contributed by atoms with E-state index in [2.05, 4.69) is 0 Å². The summed E-state index contributed by atoms with van der Waals surface area (Å²) < 4.78 is 0. The van der Waals surface area contributed by atoms with E-state index in [1.807, 2.05) is 13.0 Å². The van der Waals surface area contributed by atoms with Gasteiger partial charge in [-0.05, 0) is 18.6 Å². The average Bonchev–Trinajstić information content (AvgIpc) is 2.28. The van der Waals surface area contributed by atoms with Crippen LogP contribution in [0.5, 0.6) is 0 Å². The monoisotopic (exact) mass is 270 g/mol. The van der Waals surface area contributed by atoms with Gasteiger partial charge in [0, 0.05) is 22.1 Å². The summed E-state index contributed by atoms with van der Waals surface area (Å²) >= 11 is 7.19. The SMILES string of the molecule is CC(CCCl)Sc1ccc([N+](=O)[O-])c(C#N)c1. The van der Waals surface area contributed by atoms with Gasteiger partial charge in [-0.15, -0.1) is 23.4 Å². The summed E-state index contributed by atoms with van der Waals surface area (Å²) in [5, 5.41) is 19.8. The Bertz CT molecular complexity index is 459. The molecule has 1 atom stereocenters. The van der Waals surface area contributed by atoms with Crippen molar-refractivity contribution < 1.29 is 4.92 Å². The van der Waals surface area contributed by atoms with E-state index in [-0.39, 0.29) is 11.3 Å². The van der Waals surface area contributed by atoms with Gasteiger partial charge in [-0.1, -0.05) is 6.92 Å². The van der Waals surface area contributed by atoms with Gasteiger partial charge < -0.3 is 0 Å². The zero-order valence-corrected chi connectivity index (χ0v) is 10.8. The van der Waals surface area contributed by atoms with Gasteiger partial charge in [0.05, 0.1) is 4.92 Å². The third-order valence-electron chi connectivity index (χ3n) is 2.14. The highest BCUT2D eigenvalue weighted by molar-refractivity contribution is 7.99. The standard InChI is InChI=1S/C11H11ClN2O2S/c1-8(4-5-12)17-10-2-3-11(14(15)16)9(6-10)7-13/h2-3,6,8H,4-5H2,1H3. The van der Waals surface area contributed by atoms with E-state index < -0.39 is 4.92 Å². The average molecular weight is 271 g/mol. The van der Waals surface area contributed by atoms with Crippen LogP contribution >= 0.6 is 23.4 Å². The number of hydrogen-bond acceptors (Lipinski definition) is 4. The minimum atomic E-state index is -0.546. The Morgan fingerprint density at radius 2 is 2.35 bits per heavy atom. The predicted octanol–water partition coefficient (Wildman–Crippen LogP) is 3.58. The van der Waals surface area contributed by atoms with Gasteiger partial charge in [-0.3, -0.25) is 10.1 Å². The molecular weight excluding hydrogens is 260 g/mol. The van der Waals surface area contributed by atoms with Crippen molar-refractivity contribution in [2.45, 2.75) is 23.5 Å². The zero-order chi connectivity index (χ0) is 12.8. The van der Waals surface area contributed by atoms with Crippen molar-refractivity contribution in [1.82, 2.24) is 0 Å². The van der Waals surface area contributed by atoms with Crippen LogP contribution in [0.25, 0.3) is 0 Å². The Morgan fingerprint density at radius 3 is 2.88 bits per heavy atom. The fourth-order valence-electron chi connectivity index (χ4n) is 1.28. The maximum Gasteiger partial charge on any atom is 0.287 e. The van der Waals surface area contributed by atoms with E-state index in [1.54, 1.807) is 23.9 Å². The lowest BCUT2D eigenvalue weighted by Gasteiger charge is -2.09. The van der Waals surface area contributed by atoms with Crippen LogP contribution in [0.1, 0.15) is 18.9 Å². The number of nitriles is 1. The molecule has 1 unspecified atom stereocenters. The first kappa shape index (κ1) is 13.8. The molecule has 6 heteroatoms. The fraction of sp³-hybridized carbons (Fsp3) is 0.364. The van der Waals surface area contributed by atoms with Crippen LogP contribution in [0.3, 0.4) is 0 Å². The Hall–Kier alpha value is -1.25. The molecule has 17 heavy (non-hydrogen) atoms. The number of nitro benzene ring substituents is 1. The topological polar surface area (TPSA) is 66.9 Å². The van der Waals surface area contributed by atoms with E-state index in [4.69, 9.17) is 16.9 Å².